The summed E-state index contributed by atoms with van der Waals surface area (Å²) in [4.78, 5) is 8.72. The van der Waals surface area contributed by atoms with Crippen LogP contribution in [0.5, 0.6) is 0 Å². The highest BCUT2D eigenvalue weighted by Gasteiger charge is 2.28. The highest BCUT2D eigenvalue weighted by atomic mass is 16.5. The Labute approximate surface area is 113 Å². The summed E-state index contributed by atoms with van der Waals surface area (Å²) >= 11 is 0. The molecule has 0 aliphatic rings. The number of nitrogens with two attached hydrogens (primary N) is 1. The Bertz CT molecular complexity index is 557. The maximum absolute atomic E-state index is 6.12. The zero-order valence-electron chi connectivity index (χ0n) is 11.8. The van der Waals surface area contributed by atoms with Crippen LogP contribution in [0.4, 0.5) is 0 Å². The lowest BCUT2D eigenvalue weighted by Gasteiger charge is -2.23. The highest BCUT2D eigenvalue weighted by molar-refractivity contribution is 5.53. The first-order valence-corrected chi connectivity index (χ1v) is 6.47. The van der Waals surface area contributed by atoms with E-state index in [1.807, 2.05) is 32.9 Å². The van der Waals surface area contributed by atoms with Crippen molar-refractivity contribution in [3.8, 4) is 11.5 Å². The Hall–Kier alpha value is -1.75. The fourth-order valence-electron chi connectivity index (χ4n) is 1.75. The van der Waals surface area contributed by atoms with Crippen molar-refractivity contribution in [1.29, 1.82) is 0 Å². The molecule has 2 rings (SSSR count). The van der Waals surface area contributed by atoms with Crippen LogP contribution in [-0.2, 0) is 6.42 Å². The van der Waals surface area contributed by atoms with Gasteiger partial charge in [-0.2, -0.15) is 4.98 Å². The molecule has 0 aromatic carbocycles. The van der Waals surface area contributed by atoms with E-state index in [1.54, 1.807) is 6.20 Å². The molecule has 19 heavy (non-hydrogen) atoms. The summed E-state index contributed by atoms with van der Waals surface area (Å²) in [7, 11) is 0. The van der Waals surface area contributed by atoms with E-state index < -0.39 is 0 Å². The van der Waals surface area contributed by atoms with Crippen LogP contribution in [0.25, 0.3) is 11.5 Å². The van der Waals surface area contributed by atoms with Gasteiger partial charge in [-0.1, -0.05) is 38.9 Å². The molecule has 0 saturated carbocycles. The Kier molecular flexibility index (Phi) is 3.66. The van der Waals surface area contributed by atoms with Crippen molar-refractivity contribution in [3.05, 3.63) is 29.8 Å². The SMILES string of the molecule is CCc1cccnc1-c1noc(C(N)C(C)(C)C)n1. The number of hydrogen-bond donors (Lipinski definition) is 1. The molecule has 0 aliphatic carbocycles. The predicted octanol–water partition coefficient (Wildman–Crippen LogP) is 2.74. The van der Waals surface area contributed by atoms with Crippen LogP contribution in [-0.4, -0.2) is 15.1 Å². The molecule has 2 N–H and O–H groups in total. The number of aryl methyl sites for hydroxylation is 1. The van der Waals surface area contributed by atoms with Crippen molar-refractivity contribution in [2.75, 3.05) is 0 Å². The quantitative estimate of drug-likeness (QED) is 0.918. The van der Waals surface area contributed by atoms with Crippen LogP contribution in [0.1, 0.15) is 45.2 Å². The topological polar surface area (TPSA) is 77.8 Å². The molecule has 2 aromatic rings. The van der Waals surface area contributed by atoms with Gasteiger partial charge in [-0.25, -0.2) is 0 Å². The van der Waals surface area contributed by atoms with Gasteiger partial charge in [0.05, 0.1) is 6.04 Å². The zero-order valence-corrected chi connectivity index (χ0v) is 11.8. The second-order valence-electron chi connectivity index (χ2n) is 5.66. The van der Waals surface area contributed by atoms with Crippen LogP contribution in [0.15, 0.2) is 22.9 Å². The molecule has 2 heterocycles. The van der Waals surface area contributed by atoms with Crippen molar-refractivity contribution in [1.82, 2.24) is 15.1 Å². The first kappa shape index (κ1) is 13.7. The Morgan fingerprint density at radius 3 is 2.74 bits per heavy atom. The molecule has 5 heteroatoms. The minimum atomic E-state index is -0.289. The summed E-state index contributed by atoms with van der Waals surface area (Å²) in [5, 5.41) is 4.00. The number of rotatable bonds is 3. The van der Waals surface area contributed by atoms with Crippen molar-refractivity contribution >= 4 is 0 Å². The molecule has 0 bridgehead atoms. The van der Waals surface area contributed by atoms with Crippen LogP contribution in [0.3, 0.4) is 0 Å². The fourth-order valence-corrected chi connectivity index (χ4v) is 1.75. The van der Waals surface area contributed by atoms with E-state index in [9.17, 15) is 0 Å². The third-order valence-electron chi connectivity index (χ3n) is 3.12. The highest BCUT2D eigenvalue weighted by Crippen LogP contribution is 2.30. The lowest BCUT2D eigenvalue weighted by atomic mass is 9.87. The van der Waals surface area contributed by atoms with E-state index in [0.717, 1.165) is 17.7 Å². The van der Waals surface area contributed by atoms with Gasteiger partial charge in [-0.15, -0.1) is 0 Å². The second kappa shape index (κ2) is 5.09. The molecule has 0 amide bonds. The van der Waals surface area contributed by atoms with Gasteiger partial charge in [0.1, 0.15) is 5.69 Å². The molecule has 5 nitrogen and oxygen atoms in total. The first-order chi connectivity index (χ1) is 8.93. The molecule has 1 unspecified atom stereocenters. The first-order valence-electron chi connectivity index (χ1n) is 6.47. The summed E-state index contributed by atoms with van der Waals surface area (Å²) in [6.45, 7) is 8.20. The van der Waals surface area contributed by atoms with Crippen LogP contribution < -0.4 is 5.73 Å². The monoisotopic (exact) mass is 260 g/mol. The second-order valence-corrected chi connectivity index (χ2v) is 5.66. The van der Waals surface area contributed by atoms with Crippen LogP contribution in [0.2, 0.25) is 0 Å². The van der Waals surface area contributed by atoms with Gasteiger partial charge in [0, 0.05) is 6.20 Å². The normalized spacial score (nSPS) is 13.5. The Morgan fingerprint density at radius 2 is 2.11 bits per heavy atom. The number of nitrogens with zero attached hydrogens (tertiary/aromatic N) is 3. The Morgan fingerprint density at radius 1 is 1.37 bits per heavy atom. The third-order valence-corrected chi connectivity index (χ3v) is 3.12. The molecule has 2 aromatic heterocycles. The van der Waals surface area contributed by atoms with E-state index >= 15 is 0 Å². The molecule has 0 spiro atoms. The zero-order chi connectivity index (χ0) is 14.0. The molecule has 0 radical (unpaired) electrons. The van der Waals surface area contributed by atoms with Crippen LogP contribution >= 0.6 is 0 Å². The van der Waals surface area contributed by atoms with Crippen molar-refractivity contribution in [2.45, 2.75) is 40.2 Å². The standard InChI is InChI=1S/C14H20N4O/c1-5-9-7-6-8-16-10(9)12-17-13(19-18-12)11(15)14(2,3)4/h6-8,11H,5,15H2,1-4H3. The number of pyridine rings is 1. The third kappa shape index (κ3) is 2.81. The molecule has 1 atom stereocenters. The largest absolute Gasteiger partial charge is 0.337 e. The smallest absolute Gasteiger partial charge is 0.244 e. The van der Waals surface area contributed by atoms with Gasteiger partial charge in [0.15, 0.2) is 0 Å². The average Bonchev–Trinajstić information content (AvgIpc) is 2.86. The van der Waals surface area contributed by atoms with Gasteiger partial charge in [0.2, 0.25) is 11.7 Å². The molecule has 0 aliphatic heterocycles. The minimum Gasteiger partial charge on any atom is -0.337 e. The summed E-state index contributed by atoms with van der Waals surface area (Å²) in [5.74, 6) is 0.961. The molecule has 0 saturated heterocycles. The maximum Gasteiger partial charge on any atom is 0.244 e. The average molecular weight is 260 g/mol. The van der Waals surface area contributed by atoms with Crippen molar-refractivity contribution < 1.29 is 4.52 Å². The van der Waals surface area contributed by atoms with E-state index in [2.05, 4.69) is 22.0 Å². The van der Waals surface area contributed by atoms with Crippen molar-refractivity contribution in [2.24, 2.45) is 11.1 Å². The summed E-state index contributed by atoms with van der Waals surface area (Å²) in [6, 6.07) is 3.63. The van der Waals surface area contributed by atoms with Gasteiger partial charge in [-0.3, -0.25) is 4.98 Å². The summed E-state index contributed by atoms with van der Waals surface area (Å²) in [5.41, 5.74) is 7.86. The number of hydrogen-bond acceptors (Lipinski definition) is 5. The van der Waals surface area contributed by atoms with Gasteiger partial charge < -0.3 is 10.3 Å². The predicted molar refractivity (Wildman–Crippen MR) is 73.3 cm³/mol. The minimum absolute atomic E-state index is 0.124. The maximum atomic E-state index is 6.12. The summed E-state index contributed by atoms with van der Waals surface area (Å²) in [6.07, 6.45) is 2.60. The van der Waals surface area contributed by atoms with E-state index in [4.69, 9.17) is 10.3 Å². The van der Waals surface area contributed by atoms with E-state index in [1.165, 1.54) is 0 Å². The summed E-state index contributed by atoms with van der Waals surface area (Å²) < 4.78 is 5.28. The lowest BCUT2D eigenvalue weighted by molar-refractivity contribution is 0.253. The Balaban J connectivity index is 2.36. The van der Waals surface area contributed by atoms with Crippen molar-refractivity contribution in [3.63, 3.8) is 0 Å². The fraction of sp³-hybridized carbons (Fsp3) is 0.500. The molecule has 0 fully saturated rings. The van der Waals surface area contributed by atoms with Gasteiger partial charge in [0.25, 0.3) is 0 Å². The number of aromatic nitrogens is 3. The molecular formula is C14H20N4O. The van der Waals surface area contributed by atoms with Crippen LogP contribution in [0, 0.1) is 5.41 Å². The van der Waals surface area contributed by atoms with Gasteiger partial charge in [-0.05, 0) is 23.5 Å². The molecular weight excluding hydrogens is 240 g/mol. The molecule has 102 valence electrons. The van der Waals surface area contributed by atoms with E-state index in [-0.39, 0.29) is 11.5 Å². The van der Waals surface area contributed by atoms with Gasteiger partial charge >= 0.3 is 0 Å². The van der Waals surface area contributed by atoms with E-state index in [0.29, 0.717) is 11.7 Å². The lowest BCUT2D eigenvalue weighted by Crippen LogP contribution is -2.26.